The first-order chi connectivity index (χ1) is 12.6. The van der Waals surface area contributed by atoms with Crippen LogP contribution in [-0.2, 0) is 13.1 Å². The van der Waals surface area contributed by atoms with Crippen LogP contribution in [0.1, 0.15) is 16.2 Å². The number of halogens is 1. The lowest BCUT2D eigenvalue weighted by molar-refractivity contribution is 0.0757. The van der Waals surface area contributed by atoms with Crippen molar-refractivity contribution in [2.45, 2.75) is 13.1 Å². The second kappa shape index (κ2) is 8.31. The lowest BCUT2D eigenvalue weighted by atomic mass is 10.2. The Hall–Kier alpha value is -2.41. The summed E-state index contributed by atoms with van der Waals surface area (Å²) in [7, 11) is 0. The normalized spacial score (nSPS) is 10.7. The number of imidazole rings is 1. The predicted octanol–water partition coefficient (Wildman–Crippen LogP) is 4.66. The SMILES string of the molecule is C=CCN(Cc1nc2ccccc2n1CC=C)C(=O)c1cccc(I)c1. The molecular formula is C21H20IN3O. The van der Waals surface area contributed by atoms with Crippen LogP contribution in [-0.4, -0.2) is 26.9 Å². The number of fused-ring (bicyclic) bond motifs is 1. The third-order valence-electron chi connectivity index (χ3n) is 4.09. The molecule has 0 saturated heterocycles. The molecule has 0 aliphatic carbocycles. The first-order valence-electron chi connectivity index (χ1n) is 8.35. The van der Waals surface area contributed by atoms with Gasteiger partial charge in [0.1, 0.15) is 5.82 Å². The van der Waals surface area contributed by atoms with Gasteiger partial charge in [-0.15, -0.1) is 13.2 Å². The van der Waals surface area contributed by atoms with E-state index in [-0.39, 0.29) is 5.91 Å². The Kier molecular flexibility index (Phi) is 5.88. The van der Waals surface area contributed by atoms with Crippen LogP contribution in [0.3, 0.4) is 0 Å². The summed E-state index contributed by atoms with van der Waals surface area (Å²) in [5.74, 6) is 0.813. The van der Waals surface area contributed by atoms with Crippen LogP contribution in [0.25, 0.3) is 11.0 Å². The summed E-state index contributed by atoms with van der Waals surface area (Å²) in [5, 5.41) is 0. The van der Waals surface area contributed by atoms with E-state index in [1.54, 1.807) is 11.0 Å². The number of amides is 1. The Morgan fingerprint density at radius 2 is 1.96 bits per heavy atom. The highest BCUT2D eigenvalue weighted by molar-refractivity contribution is 14.1. The predicted molar refractivity (Wildman–Crippen MR) is 114 cm³/mol. The van der Waals surface area contributed by atoms with Gasteiger partial charge in [0.15, 0.2) is 0 Å². The molecule has 1 amide bonds. The Bertz CT molecular complexity index is 961. The number of aromatic nitrogens is 2. The van der Waals surface area contributed by atoms with Gasteiger partial charge < -0.3 is 9.47 Å². The van der Waals surface area contributed by atoms with Gasteiger partial charge in [-0.1, -0.05) is 30.4 Å². The van der Waals surface area contributed by atoms with Gasteiger partial charge in [0.05, 0.1) is 17.6 Å². The largest absolute Gasteiger partial charge is 0.327 e. The maximum atomic E-state index is 13.0. The van der Waals surface area contributed by atoms with Crippen molar-refractivity contribution < 1.29 is 4.79 Å². The molecule has 4 nitrogen and oxygen atoms in total. The van der Waals surface area contributed by atoms with E-state index in [2.05, 4.69) is 40.3 Å². The summed E-state index contributed by atoms with van der Waals surface area (Å²) < 4.78 is 3.13. The number of carbonyl (C=O) groups excluding carboxylic acids is 1. The quantitative estimate of drug-likeness (QED) is 0.383. The van der Waals surface area contributed by atoms with Crippen LogP contribution in [0, 0.1) is 3.57 Å². The van der Waals surface area contributed by atoms with Crippen LogP contribution in [0.5, 0.6) is 0 Å². The number of rotatable bonds is 7. The van der Waals surface area contributed by atoms with Gasteiger partial charge in [-0.05, 0) is 52.9 Å². The molecule has 0 saturated carbocycles. The van der Waals surface area contributed by atoms with Crippen LogP contribution in [0.4, 0.5) is 0 Å². The third kappa shape index (κ3) is 3.88. The Morgan fingerprint density at radius 1 is 1.15 bits per heavy atom. The fourth-order valence-corrected chi connectivity index (χ4v) is 3.47. The van der Waals surface area contributed by atoms with Gasteiger partial charge in [0.25, 0.3) is 5.91 Å². The molecule has 1 heterocycles. The number of nitrogens with zero attached hydrogens (tertiary/aromatic N) is 3. The van der Waals surface area contributed by atoms with E-state index in [9.17, 15) is 4.79 Å². The Balaban J connectivity index is 1.96. The van der Waals surface area contributed by atoms with Crippen molar-refractivity contribution in [2.24, 2.45) is 0 Å². The highest BCUT2D eigenvalue weighted by Crippen LogP contribution is 2.19. The van der Waals surface area contributed by atoms with Crippen molar-refractivity contribution in [1.82, 2.24) is 14.5 Å². The van der Waals surface area contributed by atoms with Crippen LogP contribution >= 0.6 is 22.6 Å². The van der Waals surface area contributed by atoms with Crippen molar-refractivity contribution in [3.05, 3.63) is 88.8 Å². The van der Waals surface area contributed by atoms with Crippen LogP contribution < -0.4 is 0 Å². The molecule has 0 aliphatic heterocycles. The summed E-state index contributed by atoms with van der Waals surface area (Å²) in [5.41, 5.74) is 2.64. The minimum absolute atomic E-state index is 0.0272. The van der Waals surface area contributed by atoms with E-state index < -0.39 is 0 Å². The van der Waals surface area contributed by atoms with Crippen LogP contribution in [0.2, 0.25) is 0 Å². The maximum Gasteiger partial charge on any atom is 0.254 e. The van der Waals surface area contributed by atoms with E-state index in [1.165, 1.54) is 0 Å². The minimum Gasteiger partial charge on any atom is -0.327 e. The van der Waals surface area contributed by atoms with Crippen molar-refractivity contribution in [1.29, 1.82) is 0 Å². The Morgan fingerprint density at radius 3 is 2.69 bits per heavy atom. The van der Waals surface area contributed by atoms with E-state index >= 15 is 0 Å². The molecule has 5 heteroatoms. The third-order valence-corrected chi connectivity index (χ3v) is 4.76. The van der Waals surface area contributed by atoms with Gasteiger partial charge in [0, 0.05) is 22.2 Å². The van der Waals surface area contributed by atoms with Crippen LogP contribution in [0.15, 0.2) is 73.8 Å². The zero-order valence-corrected chi connectivity index (χ0v) is 16.6. The molecule has 3 aromatic rings. The van der Waals surface area contributed by atoms with Gasteiger partial charge in [-0.2, -0.15) is 0 Å². The van der Waals surface area contributed by atoms with Gasteiger partial charge >= 0.3 is 0 Å². The monoisotopic (exact) mass is 457 g/mol. The first kappa shape index (κ1) is 18.4. The highest BCUT2D eigenvalue weighted by atomic mass is 127. The van der Waals surface area contributed by atoms with Gasteiger partial charge in [-0.25, -0.2) is 4.98 Å². The highest BCUT2D eigenvalue weighted by Gasteiger charge is 2.19. The number of allylic oxidation sites excluding steroid dienone is 1. The first-order valence-corrected chi connectivity index (χ1v) is 9.42. The molecular weight excluding hydrogens is 437 g/mol. The number of para-hydroxylation sites is 2. The number of hydrogen-bond acceptors (Lipinski definition) is 2. The summed E-state index contributed by atoms with van der Waals surface area (Å²) >= 11 is 2.21. The molecule has 132 valence electrons. The molecule has 0 bridgehead atoms. The zero-order valence-electron chi connectivity index (χ0n) is 14.4. The maximum absolute atomic E-state index is 13.0. The molecule has 0 unspecified atom stereocenters. The molecule has 26 heavy (non-hydrogen) atoms. The zero-order chi connectivity index (χ0) is 18.5. The molecule has 0 N–H and O–H groups in total. The molecule has 0 spiro atoms. The molecule has 2 aromatic carbocycles. The fourth-order valence-electron chi connectivity index (χ4n) is 2.93. The lowest BCUT2D eigenvalue weighted by Gasteiger charge is -2.21. The standard InChI is InChI=1S/C21H20IN3O/c1-3-12-24(21(26)16-8-7-9-17(22)14-16)15-20-23-18-10-5-6-11-19(18)25(20)13-4-2/h3-11,14H,1-2,12-13,15H2. The summed E-state index contributed by atoms with van der Waals surface area (Å²) in [6, 6.07) is 15.6. The van der Waals surface area contributed by atoms with E-state index in [0.717, 1.165) is 20.4 Å². The van der Waals surface area contributed by atoms with Crippen molar-refractivity contribution in [3.8, 4) is 0 Å². The average Bonchev–Trinajstić information content (AvgIpc) is 2.98. The lowest BCUT2D eigenvalue weighted by Crippen LogP contribution is -2.32. The smallest absolute Gasteiger partial charge is 0.254 e. The summed E-state index contributed by atoms with van der Waals surface area (Å²) in [6.07, 6.45) is 3.59. The van der Waals surface area contributed by atoms with Gasteiger partial charge in [0.2, 0.25) is 0 Å². The Labute approximate surface area is 167 Å². The topological polar surface area (TPSA) is 38.1 Å². The molecule has 1 aromatic heterocycles. The van der Waals surface area contributed by atoms with Crippen molar-refractivity contribution in [2.75, 3.05) is 6.54 Å². The average molecular weight is 457 g/mol. The second-order valence-corrected chi connectivity index (χ2v) is 7.15. The molecule has 0 fully saturated rings. The number of benzene rings is 2. The second-order valence-electron chi connectivity index (χ2n) is 5.90. The van der Waals surface area contributed by atoms with Gasteiger partial charge in [-0.3, -0.25) is 4.79 Å². The summed E-state index contributed by atoms with van der Waals surface area (Å²) in [6.45, 7) is 9.17. The van der Waals surface area contributed by atoms with E-state index in [4.69, 9.17) is 4.98 Å². The number of carbonyl (C=O) groups is 1. The molecule has 0 aliphatic rings. The summed E-state index contributed by atoms with van der Waals surface area (Å²) in [4.78, 5) is 19.5. The minimum atomic E-state index is -0.0272. The van der Waals surface area contributed by atoms with E-state index in [0.29, 0.717) is 25.2 Å². The molecule has 3 rings (SSSR count). The fraction of sp³-hybridized carbons (Fsp3) is 0.143. The van der Waals surface area contributed by atoms with Crippen molar-refractivity contribution >= 4 is 39.5 Å². The van der Waals surface area contributed by atoms with Crippen molar-refractivity contribution in [3.63, 3.8) is 0 Å². The number of hydrogen-bond donors (Lipinski definition) is 0. The molecule has 0 radical (unpaired) electrons. The van der Waals surface area contributed by atoms with E-state index in [1.807, 2.05) is 54.6 Å². The molecule has 0 atom stereocenters.